The lowest BCUT2D eigenvalue weighted by Gasteiger charge is -1.99. The fourth-order valence-electron chi connectivity index (χ4n) is 0.645. The summed E-state index contributed by atoms with van der Waals surface area (Å²) in [5.74, 6) is 1.02. The van der Waals surface area contributed by atoms with Gasteiger partial charge >= 0.3 is 0 Å². The molecule has 1 rings (SSSR count). The molecule has 1 heterocycles. The maximum Gasteiger partial charge on any atom is 0.110 e. The Labute approximate surface area is 83.7 Å². The number of pyridine rings is 1. The average Bonchev–Trinajstić information content (AvgIpc) is 1.95. The minimum absolute atomic E-state index is 0.664. The molecule has 4 heteroatoms. The molecule has 0 saturated heterocycles. The Kier molecular flexibility index (Phi) is 3.69. The molecule has 0 bridgehead atoms. The van der Waals surface area contributed by atoms with E-state index in [0.29, 0.717) is 5.02 Å². The summed E-state index contributed by atoms with van der Waals surface area (Å²) in [6.07, 6.45) is 1.66. The van der Waals surface area contributed by atoms with Gasteiger partial charge in [0.1, 0.15) is 5.03 Å². The van der Waals surface area contributed by atoms with Gasteiger partial charge in [0.25, 0.3) is 0 Å². The Bertz CT molecular complexity index is 254. The lowest BCUT2D eigenvalue weighted by atomic mass is 10.5. The molecule has 1 aromatic rings. The highest BCUT2D eigenvalue weighted by molar-refractivity contribution is 9.10. The number of rotatable bonds is 2. The van der Waals surface area contributed by atoms with Gasteiger partial charge < -0.3 is 0 Å². The molecule has 1 aromatic heterocycles. The van der Waals surface area contributed by atoms with E-state index < -0.39 is 0 Å². The fourth-order valence-corrected chi connectivity index (χ4v) is 2.22. The number of halogens is 2. The molecular weight excluding hydrogens is 246 g/mol. The van der Waals surface area contributed by atoms with Crippen LogP contribution in [0.5, 0.6) is 0 Å². The first-order valence-electron chi connectivity index (χ1n) is 3.18. The third kappa shape index (κ3) is 2.65. The van der Waals surface area contributed by atoms with E-state index in [1.54, 1.807) is 18.0 Å². The van der Waals surface area contributed by atoms with Crippen LogP contribution < -0.4 is 0 Å². The van der Waals surface area contributed by atoms with Crippen LogP contribution in [-0.4, -0.2) is 10.7 Å². The molecule has 0 spiro atoms. The standard InChI is InChI=1S/C7H7BrClNS/c1-2-11-7-6(8)3-5(9)4-10-7/h3-4H,2H2,1H3. The highest BCUT2D eigenvalue weighted by Crippen LogP contribution is 2.26. The van der Waals surface area contributed by atoms with E-state index in [-0.39, 0.29) is 0 Å². The van der Waals surface area contributed by atoms with Crippen molar-refractivity contribution < 1.29 is 0 Å². The molecule has 60 valence electrons. The minimum Gasteiger partial charge on any atom is -0.247 e. The zero-order chi connectivity index (χ0) is 8.27. The van der Waals surface area contributed by atoms with E-state index in [4.69, 9.17) is 11.6 Å². The van der Waals surface area contributed by atoms with Crippen LogP contribution in [0.25, 0.3) is 0 Å². The first-order chi connectivity index (χ1) is 5.24. The van der Waals surface area contributed by atoms with Crippen molar-refractivity contribution >= 4 is 39.3 Å². The second-order valence-electron chi connectivity index (χ2n) is 1.87. The van der Waals surface area contributed by atoms with Crippen LogP contribution in [0, 0.1) is 0 Å². The molecule has 0 aromatic carbocycles. The van der Waals surface area contributed by atoms with Crippen molar-refractivity contribution in [2.75, 3.05) is 5.75 Å². The number of nitrogens with zero attached hydrogens (tertiary/aromatic N) is 1. The lowest BCUT2D eigenvalue weighted by molar-refractivity contribution is 1.11. The summed E-state index contributed by atoms with van der Waals surface area (Å²) in [5.41, 5.74) is 0. The van der Waals surface area contributed by atoms with Crippen LogP contribution in [-0.2, 0) is 0 Å². The molecule has 0 unspecified atom stereocenters. The summed E-state index contributed by atoms with van der Waals surface area (Å²) in [7, 11) is 0. The summed E-state index contributed by atoms with van der Waals surface area (Å²) in [6, 6.07) is 1.85. The largest absolute Gasteiger partial charge is 0.247 e. The fraction of sp³-hybridized carbons (Fsp3) is 0.286. The van der Waals surface area contributed by atoms with Crippen molar-refractivity contribution in [3.8, 4) is 0 Å². The third-order valence-electron chi connectivity index (χ3n) is 1.06. The molecule has 0 fully saturated rings. The highest BCUT2D eigenvalue weighted by atomic mass is 79.9. The summed E-state index contributed by atoms with van der Waals surface area (Å²) < 4.78 is 0.969. The van der Waals surface area contributed by atoms with E-state index in [1.165, 1.54) is 0 Å². The Balaban J connectivity index is 2.90. The smallest absolute Gasteiger partial charge is 0.110 e. The third-order valence-corrected chi connectivity index (χ3v) is 3.02. The van der Waals surface area contributed by atoms with Crippen molar-refractivity contribution in [3.63, 3.8) is 0 Å². The molecule has 11 heavy (non-hydrogen) atoms. The molecule has 0 aliphatic carbocycles. The molecule has 0 radical (unpaired) electrons. The van der Waals surface area contributed by atoms with Crippen LogP contribution in [0.3, 0.4) is 0 Å². The van der Waals surface area contributed by atoms with Crippen molar-refractivity contribution in [2.24, 2.45) is 0 Å². The first-order valence-corrected chi connectivity index (χ1v) is 5.33. The average molecular weight is 253 g/mol. The van der Waals surface area contributed by atoms with Gasteiger partial charge in [0.05, 0.1) is 9.50 Å². The Morgan fingerprint density at radius 1 is 1.73 bits per heavy atom. The summed E-state index contributed by atoms with van der Waals surface area (Å²) in [4.78, 5) is 4.15. The zero-order valence-electron chi connectivity index (χ0n) is 5.97. The van der Waals surface area contributed by atoms with E-state index in [9.17, 15) is 0 Å². The number of hydrogen-bond acceptors (Lipinski definition) is 2. The Morgan fingerprint density at radius 2 is 2.45 bits per heavy atom. The van der Waals surface area contributed by atoms with Crippen molar-refractivity contribution in [2.45, 2.75) is 11.9 Å². The second-order valence-corrected chi connectivity index (χ2v) is 4.42. The van der Waals surface area contributed by atoms with Gasteiger partial charge in [-0.15, -0.1) is 11.8 Å². The highest BCUT2D eigenvalue weighted by Gasteiger charge is 2.00. The van der Waals surface area contributed by atoms with Crippen molar-refractivity contribution in [3.05, 3.63) is 21.8 Å². The van der Waals surface area contributed by atoms with Crippen LogP contribution >= 0.6 is 39.3 Å². The molecule has 0 saturated carbocycles. The van der Waals surface area contributed by atoms with E-state index in [1.807, 2.05) is 6.07 Å². The minimum atomic E-state index is 0.664. The molecule has 0 amide bonds. The van der Waals surface area contributed by atoms with Crippen molar-refractivity contribution in [1.29, 1.82) is 0 Å². The predicted octanol–water partition coefficient (Wildman–Crippen LogP) is 3.61. The lowest BCUT2D eigenvalue weighted by Crippen LogP contribution is -1.81. The summed E-state index contributed by atoms with van der Waals surface area (Å²) in [6.45, 7) is 2.09. The molecule has 0 aliphatic heterocycles. The predicted molar refractivity (Wildman–Crippen MR) is 53.3 cm³/mol. The van der Waals surface area contributed by atoms with Crippen LogP contribution in [0.1, 0.15) is 6.92 Å². The molecule has 0 aliphatic rings. The topological polar surface area (TPSA) is 12.9 Å². The van der Waals surface area contributed by atoms with Gasteiger partial charge in [0, 0.05) is 6.20 Å². The van der Waals surface area contributed by atoms with Gasteiger partial charge in [0.15, 0.2) is 0 Å². The van der Waals surface area contributed by atoms with Gasteiger partial charge in [-0.2, -0.15) is 0 Å². The zero-order valence-corrected chi connectivity index (χ0v) is 9.13. The van der Waals surface area contributed by atoms with Gasteiger partial charge in [0.2, 0.25) is 0 Å². The number of thioether (sulfide) groups is 1. The van der Waals surface area contributed by atoms with Gasteiger partial charge in [-0.3, -0.25) is 0 Å². The monoisotopic (exact) mass is 251 g/mol. The normalized spacial score (nSPS) is 10.1. The molecule has 1 nitrogen and oxygen atoms in total. The first kappa shape index (κ1) is 9.36. The van der Waals surface area contributed by atoms with Crippen LogP contribution in [0.4, 0.5) is 0 Å². The molecule has 0 N–H and O–H groups in total. The Hall–Kier alpha value is 0.270. The van der Waals surface area contributed by atoms with Crippen LogP contribution in [0.2, 0.25) is 5.02 Å². The van der Waals surface area contributed by atoms with Gasteiger partial charge in [-0.25, -0.2) is 4.98 Å². The van der Waals surface area contributed by atoms with E-state index >= 15 is 0 Å². The quantitative estimate of drug-likeness (QED) is 0.746. The molecular formula is C7H7BrClNS. The Morgan fingerprint density at radius 3 is 3.00 bits per heavy atom. The van der Waals surface area contributed by atoms with Crippen molar-refractivity contribution in [1.82, 2.24) is 4.98 Å². The maximum atomic E-state index is 5.72. The number of aromatic nitrogens is 1. The molecule has 0 atom stereocenters. The second kappa shape index (κ2) is 4.33. The van der Waals surface area contributed by atoms with E-state index in [2.05, 4.69) is 27.8 Å². The van der Waals surface area contributed by atoms with Crippen LogP contribution in [0.15, 0.2) is 21.8 Å². The SMILES string of the molecule is CCSc1ncc(Cl)cc1Br. The van der Waals surface area contributed by atoms with Gasteiger partial charge in [-0.05, 0) is 27.7 Å². The van der Waals surface area contributed by atoms with E-state index in [0.717, 1.165) is 15.3 Å². The summed E-state index contributed by atoms with van der Waals surface area (Å²) in [5, 5.41) is 1.66. The number of hydrogen-bond donors (Lipinski definition) is 0. The summed E-state index contributed by atoms with van der Waals surface area (Å²) >= 11 is 10.8. The maximum absolute atomic E-state index is 5.72. The van der Waals surface area contributed by atoms with Gasteiger partial charge in [-0.1, -0.05) is 18.5 Å².